The number of thioether (sulfide) groups is 1. The Morgan fingerprint density at radius 1 is 0.976 bits per heavy atom. The highest BCUT2D eigenvalue weighted by Crippen LogP contribution is 2.36. The zero-order valence-corrected chi connectivity index (χ0v) is 23.2. The molecule has 1 saturated heterocycles. The first kappa shape index (κ1) is 28.3. The second-order valence-corrected chi connectivity index (χ2v) is 10.4. The number of benzene rings is 3. The number of hydrogen-bond donors (Lipinski definition) is 0. The zero-order chi connectivity index (χ0) is 29.6. The molecule has 3 aromatic carbocycles. The number of carbonyl (C=O) groups excluding carboxylic acids is 4. The maximum atomic E-state index is 13.3. The molecule has 0 aliphatic carbocycles. The molecule has 1 fully saturated rings. The van der Waals surface area contributed by atoms with Crippen molar-refractivity contribution >= 4 is 41.0 Å². The number of methoxy groups -OCH3 is 1. The third-order valence-corrected chi connectivity index (χ3v) is 7.68. The van der Waals surface area contributed by atoms with Gasteiger partial charge in [0.2, 0.25) is 11.8 Å². The average Bonchev–Trinajstić information content (AvgIpc) is 3.31. The summed E-state index contributed by atoms with van der Waals surface area (Å²) in [6.07, 6.45) is -0.0785. The molecule has 5 rings (SSSR count). The first-order valence-corrected chi connectivity index (χ1v) is 13.7. The molecule has 0 radical (unpaired) electrons. The molecule has 1 atom stereocenters. The van der Waals surface area contributed by atoms with E-state index >= 15 is 0 Å². The third kappa shape index (κ3) is 6.06. The Labute approximate surface area is 245 Å². The molecule has 9 nitrogen and oxygen atoms in total. The van der Waals surface area contributed by atoms with E-state index in [9.17, 15) is 24.4 Å². The highest BCUT2D eigenvalue weighted by molar-refractivity contribution is 8.00. The molecular formula is C32H23N3O6S. The summed E-state index contributed by atoms with van der Waals surface area (Å²) in [5.74, 6) is -1.25. The Balaban J connectivity index is 1.27. The van der Waals surface area contributed by atoms with Gasteiger partial charge in [0.05, 0.1) is 34.9 Å². The van der Waals surface area contributed by atoms with Gasteiger partial charge in [-0.05, 0) is 48.5 Å². The van der Waals surface area contributed by atoms with Crippen molar-refractivity contribution in [3.63, 3.8) is 0 Å². The molecule has 42 heavy (non-hydrogen) atoms. The lowest BCUT2D eigenvalue weighted by Crippen LogP contribution is -2.31. The predicted octanol–water partition coefficient (Wildman–Crippen LogP) is 5.09. The summed E-state index contributed by atoms with van der Waals surface area (Å²) in [6.45, 7) is -0.412. The van der Waals surface area contributed by atoms with E-state index in [4.69, 9.17) is 9.47 Å². The lowest BCUT2D eigenvalue weighted by Gasteiger charge is -2.15. The van der Waals surface area contributed by atoms with Crippen LogP contribution in [0, 0.1) is 11.3 Å². The van der Waals surface area contributed by atoms with Crippen LogP contribution in [0.2, 0.25) is 0 Å². The van der Waals surface area contributed by atoms with Crippen LogP contribution >= 0.6 is 11.8 Å². The molecule has 0 N–H and O–H groups in total. The van der Waals surface area contributed by atoms with Crippen LogP contribution in [0.15, 0.2) is 96.0 Å². The molecule has 0 bridgehead atoms. The largest absolute Gasteiger partial charge is 0.497 e. The molecule has 10 heteroatoms. The first-order valence-electron chi connectivity index (χ1n) is 12.8. The monoisotopic (exact) mass is 577 g/mol. The number of imide groups is 1. The Kier molecular flexibility index (Phi) is 8.41. The summed E-state index contributed by atoms with van der Waals surface area (Å²) >= 11 is 1.06. The van der Waals surface area contributed by atoms with Gasteiger partial charge in [-0.2, -0.15) is 5.26 Å². The van der Waals surface area contributed by atoms with E-state index in [0.717, 1.165) is 22.2 Å². The number of nitrogens with zero attached hydrogens (tertiary/aromatic N) is 3. The molecule has 1 aromatic heterocycles. The fourth-order valence-corrected chi connectivity index (χ4v) is 5.42. The molecule has 1 aliphatic rings. The van der Waals surface area contributed by atoms with Crippen LogP contribution in [0.25, 0.3) is 11.3 Å². The van der Waals surface area contributed by atoms with Gasteiger partial charge in [0.25, 0.3) is 0 Å². The van der Waals surface area contributed by atoms with Crippen molar-refractivity contribution in [2.75, 3.05) is 18.6 Å². The minimum absolute atomic E-state index is 0.0785. The number of Topliss-reactive ketones (excluding diaryl/α,β-unsaturated/α-hetero) is 1. The number of aromatic nitrogens is 1. The van der Waals surface area contributed by atoms with Gasteiger partial charge in [0, 0.05) is 17.5 Å². The van der Waals surface area contributed by atoms with Gasteiger partial charge < -0.3 is 9.47 Å². The lowest BCUT2D eigenvalue weighted by molar-refractivity contribution is -0.121. The van der Waals surface area contributed by atoms with Crippen molar-refractivity contribution in [1.29, 1.82) is 5.26 Å². The van der Waals surface area contributed by atoms with Crippen LogP contribution in [-0.2, 0) is 14.3 Å². The van der Waals surface area contributed by atoms with Crippen LogP contribution in [-0.4, -0.2) is 47.5 Å². The third-order valence-electron chi connectivity index (χ3n) is 6.50. The molecule has 1 aliphatic heterocycles. The topological polar surface area (TPSA) is 127 Å². The van der Waals surface area contributed by atoms with Crippen LogP contribution in [0.3, 0.4) is 0 Å². The molecule has 0 spiro atoms. The molecule has 4 aromatic rings. The summed E-state index contributed by atoms with van der Waals surface area (Å²) < 4.78 is 10.4. The van der Waals surface area contributed by atoms with Gasteiger partial charge in [-0.3, -0.25) is 14.4 Å². The summed E-state index contributed by atoms with van der Waals surface area (Å²) in [7, 11) is 1.57. The number of ketones is 1. The van der Waals surface area contributed by atoms with Gasteiger partial charge in [0.15, 0.2) is 12.4 Å². The van der Waals surface area contributed by atoms with Crippen LogP contribution in [0.1, 0.15) is 32.7 Å². The van der Waals surface area contributed by atoms with Crippen LogP contribution < -0.4 is 9.64 Å². The SMILES string of the molecule is COc1cccc(-c2ccc(C#N)c(SC3CC(=O)N(c4ccc(C(=O)OCC(=O)c5ccccc5)cc4)C3=O)n2)c1. The van der Waals surface area contributed by atoms with E-state index < -0.39 is 29.6 Å². The molecular weight excluding hydrogens is 554 g/mol. The van der Waals surface area contributed by atoms with Crippen LogP contribution in [0.5, 0.6) is 5.75 Å². The highest BCUT2D eigenvalue weighted by atomic mass is 32.2. The van der Waals surface area contributed by atoms with E-state index in [-0.39, 0.29) is 17.8 Å². The number of hydrogen-bond acceptors (Lipinski definition) is 9. The number of anilines is 1. The van der Waals surface area contributed by atoms with Crippen molar-refractivity contribution in [1.82, 2.24) is 4.98 Å². The van der Waals surface area contributed by atoms with Gasteiger partial charge in [-0.25, -0.2) is 14.7 Å². The highest BCUT2D eigenvalue weighted by Gasteiger charge is 2.41. The van der Waals surface area contributed by atoms with E-state index in [1.165, 1.54) is 24.3 Å². The molecule has 2 heterocycles. The van der Waals surface area contributed by atoms with Crippen molar-refractivity contribution in [2.24, 2.45) is 0 Å². The quantitative estimate of drug-likeness (QED) is 0.152. The summed E-state index contributed by atoms with van der Waals surface area (Å²) in [4.78, 5) is 56.6. The maximum absolute atomic E-state index is 13.3. The molecule has 0 saturated carbocycles. The fraction of sp³-hybridized carbons (Fsp3) is 0.125. The number of ether oxygens (including phenoxy) is 2. The van der Waals surface area contributed by atoms with Crippen molar-refractivity contribution in [3.05, 3.63) is 108 Å². The summed E-state index contributed by atoms with van der Waals surface area (Å²) in [5, 5.41) is 9.19. The summed E-state index contributed by atoms with van der Waals surface area (Å²) in [5.41, 5.74) is 2.56. The second-order valence-electron chi connectivity index (χ2n) is 9.18. The van der Waals surface area contributed by atoms with Gasteiger partial charge in [-0.1, -0.05) is 54.2 Å². The van der Waals surface area contributed by atoms with Gasteiger partial charge in [-0.15, -0.1) is 0 Å². The summed E-state index contributed by atoms with van der Waals surface area (Å²) in [6, 6.07) is 27.1. The first-order chi connectivity index (χ1) is 20.4. The number of rotatable bonds is 9. The Hall–Kier alpha value is -5.27. The van der Waals surface area contributed by atoms with Gasteiger partial charge in [0.1, 0.15) is 16.8 Å². The number of amides is 2. The number of esters is 1. The van der Waals surface area contributed by atoms with E-state index in [2.05, 4.69) is 11.1 Å². The lowest BCUT2D eigenvalue weighted by atomic mass is 10.1. The molecule has 2 amide bonds. The number of nitriles is 1. The van der Waals surface area contributed by atoms with Crippen LogP contribution in [0.4, 0.5) is 5.69 Å². The Morgan fingerprint density at radius 3 is 2.45 bits per heavy atom. The van der Waals surface area contributed by atoms with Crippen molar-refractivity contribution in [3.8, 4) is 23.1 Å². The predicted molar refractivity (Wildman–Crippen MR) is 155 cm³/mol. The van der Waals surface area contributed by atoms with Crippen molar-refractivity contribution < 1.29 is 28.7 Å². The average molecular weight is 578 g/mol. The number of carbonyl (C=O) groups is 4. The minimum atomic E-state index is -0.786. The fourth-order valence-electron chi connectivity index (χ4n) is 4.33. The number of pyridine rings is 1. The Morgan fingerprint density at radius 2 is 1.74 bits per heavy atom. The van der Waals surface area contributed by atoms with Gasteiger partial charge >= 0.3 is 5.97 Å². The Bertz CT molecular complexity index is 1720. The minimum Gasteiger partial charge on any atom is -0.497 e. The van der Waals surface area contributed by atoms with E-state index in [1.807, 2.05) is 24.3 Å². The maximum Gasteiger partial charge on any atom is 0.338 e. The van der Waals surface area contributed by atoms with Crippen molar-refractivity contribution in [2.45, 2.75) is 16.7 Å². The normalized spacial score (nSPS) is 14.4. The standard InChI is InChI=1S/C32H23N3O6S/c1-40-25-9-5-8-22(16-25)26-15-12-23(18-33)30(34-26)42-28-17-29(37)35(31(28)38)24-13-10-21(11-14-24)32(39)41-19-27(36)20-6-3-2-4-7-20/h2-16,28H,17,19H2,1H3. The van der Waals surface area contributed by atoms with E-state index in [1.54, 1.807) is 49.6 Å². The smallest absolute Gasteiger partial charge is 0.338 e. The molecule has 208 valence electrons. The molecule has 1 unspecified atom stereocenters. The zero-order valence-electron chi connectivity index (χ0n) is 22.4. The second kappa shape index (κ2) is 12.5. The van der Waals surface area contributed by atoms with E-state index in [0.29, 0.717) is 33.3 Å².